The zero-order valence-electron chi connectivity index (χ0n) is 10.9. The molecular weight excluding hydrogens is 300 g/mol. The normalized spacial score (nSPS) is 15.1. The van der Waals surface area contributed by atoms with Crippen molar-refractivity contribution in [3.63, 3.8) is 0 Å². The molecule has 0 aromatic carbocycles. The van der Waals surface area contributed by atoms with Gasteiger partial charge in [0.1, 0.15) is 9.34 Å². The van der Waals surface area contributed by atoms with Crippen molar-refractivity contribution in [2.75, 3.05) is 13.7 Å². The number of rotatable bonds is 3. The van der Waals surface area contributed by atoms with E-state index in [4.69, 9.17) is 16.3 Å². The fourth-order valence-corrected chi connectivity index (χ4v) is 3.30. The van der Waals surface area contributed by atoms with Crippen LogP contribution in [-0.4, -0.2) is 39.7 Å². The summed E-state index contributed by atoms with van der Waals surface area (Å²) >= 11 is 7.37. The SMILES string of the molecule is COC(=O)c1n[nH]c2c1CN(Cc1ncc(Cl)s1)CC2. The monoisotopic (exact) mass is 312 g/mol. The largest absolute Gasteiger partial charge is 0.464 e. The Morgan fingerprint density at radius 2 is 2.50 bits per heavy atom. The van der Waals surface area contributed by atoms with E-state index in [0.717, 1.165) is 35.8 Å². The number of nitrogens with zero attached hydrogens (tertiary/aromatic N) is 3. The molecule has 0 radical (unpaired) electrons. The number of carbonyl (C=O) groups excluding carboxylic acids is 1. The summed E-state index contributed by atoms with van der Waals surface area (Å²) < 4.78 is 5.44. The standard InChI is InChI=1S/C12H13ClN4O2S/c1-19-12(18)11-7-5-17(3-2-8(7)15-16-11)6-10-14-4-9(13)20-10/h4H,2-3,5-6H2,1H3,(H,15,16). The average molecular weight is 313 g/mol. The van der Waals surface area contributed by atoms with Crippen molar-refractivity contribution >= 4 is 28.9 Å². The van der Waals surface area contributed by atoms with Crippen LogP contribution in [0.2, 0.25) is 4.34 Å². The Balaban J connectivity index is 1.77. The Labute approximate surface area is 124 Å². The molecule has 0 bridgehead atoms. The number of methoxy groups -OCH3 is 1. The summed E-state index contributed by atoms with van der Waals surface area (Å²) in [5.41, 5.74) is 2.31. The number of thiazole rings is 1. The summed E-state index contributed by atoms with van der Waals surface area (Å²) in [6.07, 6.45) is 2.49. The van der Waals surface area contributed by atoms with Crippen molar-refractivity contribution in [1.82, 2.24) is 20.1 Å². The lowest BCUT2D eigenvalue weighted by atomic mass is 10.1. The maximum absolute atomic E-state index is 11.7. The Morgan fingerprint density at radius 1 is 1.65 bits per heavy atom. The van der Waals surface area contributed by atoms with E-state index in [0.29, 0.717) is 16.6 Å². The molecule has 6 nitrogen and oxygen atoms in total. The quantitative estimate of drug-likeness (QED) is 0.876. The molecule has 2 aromatic rings. The lowest BCUT2D eigenvalue weighted by Gasteiger charge is -2.25. The van der Waals surface area contributed by atoms with E-state index in [1.807, 2.05) is 0 Å². The van der Waals surface area contributed by atoms with E-state index in [-0.39, 0.29) is 0 Å². The predicted molar refractivity (Wildman–Crippen MR) is 74.9 cm³/mol. The molecule has 0 amide bonds. The zero-order valence-corrected chi connectivity index (χ0v) is 12.4. The number of nitrogens with one attached hydrogen (secondary N) is 1. The highest BCUT2D eigenvalue weighted by atomic mass is 35.5. The van der Waals surface area contributed by atoms with Gasteiger partial charge in [-0.25, -0.2) is 9.78 Å². The van der Waals surface area contributed by atoms with Gasteiger partial charge in [0.25, 0.3) is 0 Å². The summed E-state index contributed by atoms with van der Waals surface area (Å²) in [5.74, 6) is -0.401. The Morgan fingerprint density at radius 3 is 3.20 bits per heavy atom. The number of H-pyrrole nitrogens is 1. The number of aromatic amines is 1. The second-order valence-electron chi connectivity index (χ2n) is 4.54. The lowest BCUT2D eigenvalue weighted by molar-refractivity contribution is 0.0591. The van der Waals surface area contributed by atoms with Gasteiger partial charge in [0.05, 0.1) is 19.9 Å². The summed E-state index contributed by atoms with van der Waals surface area (Å²) in [5, 5.41) is 7.95. The first-order valence-corrected chi connectivity index (χ1v) is 7.34. The van der Waals surface area contributed by atoms with Gasteiger partial charge in [0, 0.05) is 30.8 Å². The summed E-state index contributed by atoms with van der Waals surface area (Å²) in [7, 11) is 1.36. The third-order valence-corrected chi connectivity index (χ3v) is 4.38. The van der Waals surface area contributed by atoms with Gasteiger partial charge in [0.15, 0.2) is 5.69 Å². The highest BCUT2D eigenvalue weighted by Gasteiger charge is 2.26. The third kappa shape index (κ3) is 2.56. The van der Waals surface area contributed by atoms with Crippen molar-refractivity contribution in [2.45, 2.75) is 19.5 Å². The average Bonchev–Trinajstić information content (AvgIpc) is 3.04. The molecule has 0 fully saturated rings. The molecule has 3 rings (SSSR count). The molecule has 0 saturated heterocycles. The van der Waals surface area contributed by atoms with Crippen molar-refractivity contribution in [3.8, 4) is 0 Å². The van der Waals surface area contributed by atoms with E-state index in [1.165, 1.54) is 18.4 Å². The molecule has 1 aliphatic heterocycles. The number of ether oxygens (including phenoxy) is 1. The van der Waals surface area contributed by atoms with Gasteiger partial charge in [-0.05, 0) is 0 Å². The minimum Gasteiger partial charge on any atom is -0.464 e. The minimum absolute atomic E-state index is 0.379. The van der Waals surface area contributed by atoms with Gasteiger partial charge >= 0.3 is 5.97 Å². The molecule has 0 unspecified atom stereocenters. The summed E-state index contributed by atoms with van der Waals surface area (Å²) in [6, 6.07) is 0. The van der Waals surface area contributed by atoms with Crippen LogP contribution in [0.25, 0.3) is 0 Å². The molecule has 8 heteroatoms. The van der Waals surface area contributed by atoms with Gasteiger partial charge in [-0.2, -0.15) is 5.10 Å². The van der Waals surface area contributed by atoms with Crippen LogP contribution >= 0.6 is 22.9 Å². The van der Waals surface area contributed by atoms with Crippen molar-refractivity contribution < 1.29 is 9.53 Å². The van der Waals surface area contributed by atoms with Crippen LogP contribution in [0.1, 0.15) is 26.8 Å². The van der Waals surface area contributed by atoms with Gasteiger partial charge < -0.3 is 4.74 Å². The predicted octanol–water partition coefficient (Wildman–Crippen LogP) is 1.86. The van der Waals surface area contributed by atoms with E-state index in [9.17, 15) is 4.79 Å². The highest BCUT2D eigenvalue weighted by Crippen LogP contribution is 2.24. The van der Waals surface area contributed by atoms with Gasteiger partial charge in [-0.3, -0.25) is 10.00 Å². The van der Waals surface area contributed by atoms with Crippen molar-refractivity contribution in [3.05, 3.63) is 32.5 Å². The first-order valence-electron chi connectivity index (χ1n) is 6.14. The van der Waals surface area contributed by atoms with Crippen molar-refractivity contribution in [1.29, 1.82) is 0 Å². The minimum atomic E-state index is -0.401. The number of esters is 1. The maximum Gasteiger partial charge on any atom is 0.358 e. The molecule has 0 aliphatic carbocycles. The maximum atomic E-state index is 11.7. The van der Waals surface area contributed by atoms with E-state index < -0.39 is 5.97 Å². The Bertz CT molecular complexity index is 639. The Kier molecular flexibility index (Phi) is 3.73. The fourth-order valence-electron chi connectivity index (χ4n) is 2.30. The number of carbonyl (C=O) groups is 1. The third-order valence-electron chi connectivity index (χ3n) is 3.28. The summed E-state index contributed by atoms with van der Waals surface area (Å²) in [6.45, 7) is 2.28. The van der Waals surface area contributed by atoms with Crippen LogP contribution in [0, 0.1) is 0 Å². The van der Waals surface area contributed by atoms with Gasteiger partial charge in [-0.1, -0.05) is 11.6 Å². The highest BCUT2D eigenvalue weighted by molar-refractivity contribution is 7.15. The smallest absolute Gasteiger partial charge is 0.358 e. The van der Waals surface area contributed by atoms with Gasteiger partial charge in [-0.15, -0.1) is 11.3 Å². The van der Waals surface area contributed by atoms with Crippen molar-refractivity contribution in [2.24, 2.45) is 0 Å². The molecule has 3 heterocycles. The summed E-state index contributed by atoms with van der Waals surface area (Å²) in [4.78, 5) is 18.1. The van der Waals surface area contributed by atoms with Crippen LogP contribution < -0.4 is 0 Å². The molecule has 1 N–H and O–H groups in total. The molecule has 106 valence electrons. The number of aromatic nitrogens is 3. The second-order valence-corrected chi connectivity index (χ2v) is 6.29. The van der Waals surface area contributed by atoms with Crippen LogP contribution in [0.5, 0.6) is 0 Å². The molecule has 0 saturated carbocycles. The molecule has 20 heavy (non-hydrogen) atoms. The first kappa shape index (κ1) is 13.5. The molecular formula is C12H13ClN4O2S. The Hall–Kier alpha value is -1.44. The number of halogens is 1. The number of hydrogen-bond donors (Lipinski definition) is 1. The van der Waals surface area contributed by atoms with E-state index in [2.05, 4.69) is 20.1 Å². The zero-order chi connectivity index (χ0) is 14.1. The topological polar surface area (TPSA) is 71.1 Å². The molecule has 2 aromatic heterocycles. The molecule has 1 aliphatic rings. The van der Waals surface area contributed by atoms with E-state index in [1.54, 1.807) is 6.20 Å². The van der Waals surface area contributed by atoms with Crippen LogP contribution in [0.15, 0.2) is 6.20 Å². The van der Waals surface area contributed by atoms with Gasteiger partial charge in [0.2, 0.25) is 0 Å². The number of hydrogen-bond acceptors (Lipinski definition) is 6. The number of fused-ring (bicyclic) bond motifs is 1. The van der Waals surface area contributed by atoms with E-state index >= 15 is 0 Å². The first-order chi connectivity index (χ1) is 9.67. The molecule has 0 spiro atoms. The van der Waals surface area contributed by atoms with Crippen LogP contribution in [-0.2, 0) is 24.2 Å². The fraction of sp³-hybridized carbons (Fsp3) is 0.417. The van der Waals surface area contributed by atoms with Crippen LogP contribution in [0.3, 0.4) is 0 Å². The lowest BCUT2D eigenvalue weighted by Crippen LogP contribution is -2.30. The second kappa shape index (κ2) is 5.51. The van der Waals surface area contributed by atoms with Crippen LogP contribution in [0.4, 0.5) is 0 Å². The molecule has 0 atom stereocenters.